The quantitative estimate of drug-likeness (QED) is 0.165. The number of nitrogens with zero attached hydrogens (tertiary/aromatic N) is 3. The zero-order valence-corrected chi connectivity index (χ0v) is 28.7. The van der Waals surface area contributed by atoms with Crippen molar-refractivity contribution in [3.05, 3.63) is 136 Å². The largest absolute Gasteiger partial charge is 0.392 e. The molecule has 4 heterocycles. The summed E-state index contributed by atoms with van der Waals surface area (Å²) in [7, 11) is -3.96. The number of aliphatic hydroxyl groups excluding tert-OH is 1. The Morgan fingerprint density at radius 1 is 0.882 bits per heavy atom. The first-order chi connectivity index (χ1) is 24.8. The number of benzene rings is 4. The van der Waals surface area contributed by atoms with Crippen LogP contribution in [0.25, 0.3) is 21.9 Å². The van der Waals surface area contributed by atoms with Crippen molar-refractivity contribution >= 4 is 37.6 Å². The van der Waals surface area contributed by atoms with Crippen molar-refractivity contribution in [2.24, 2.45) is 0 Å². The second-order valence-electron chi connectivity index (χ2n) is 13.3. The van der Waals surface area contributed by atoms with E-state index in [9.17, 15) is 18.3 Å². The van der Waals surface area contributed by atoms with Crippen molar-refractivity contribution < 1.29 is 23.0 Å². The van der Waals surface area contributed by atoms with E-state index >= 15 is 0 Å². The van der Waals surface area contributed by atoms with Gasteiger partial charge in [0.1, 0.15) is 4.90 Å². The van der Waals surface area contributed by atoms with Gasteiger partial charge in [-0.05, 0) is 60.4 Å². The maximum Gasteiger partial charge on any atom is 0.326 e. The molecular formula is C39H39N5O6S. The summed E-state index contributed by atoms with van der Waals surface area (Å²) in [6, 6.07) is 31.5. The minimum atomic E-state index is -3.96. The average Bonchev–Trinajstić information content (AvgIpc) is 3.50. The lowest BCUT2D eigenvalue weighted by Crippen LogP contribution is -2.43. The third-order valence-electron chi connectivity index (χ3n) is 9.92. The van der Waals surface area contributed by atoms with Crippen molar-refractivity contribution in [2.45, 2.75) is 55.3 Å². The lowest BCUT2D eigenvalue weighted by Gasteiger charge is -2.40. The highest BCUT2D eigenvalue weighted by molar-refractivity contribution is 7.93. The number of hydrogen-bond donors (Lipinski definition) is 3. The van der Waals surface area contributed by atoms with Crippen LogP contribution in [-0.4, -0.2) is 58.7 Å². The monoisotopic (exact) mass is 705 g/mol. The van der Waals surface area contributed by atoms with Gasteiger partial charge >= 0.3 is 5.69 Å². The molecular weight excluding hydrogens is 667 g/mol. The number of aliphatic hydroxyl groups is 1. The lowest BCUT2D eigenvalue weighted by molar-refractivity contribution is -0.253. The van der Waals surface area contributed by atoms with Gasteiger partial charge in [-0.15, -0.1) is 0 Å². The Labute approximate surface area is 295 Å². The highest BCUT2D eigenvalue weighted by atomic mass is 32.2. The van der Waals surface area contributed by atoms with E-state index in [1.54, 1.807) is 42.6 Å². The van der Waals surface area contributed by atoms with E-state index in [1.165, 1.54) is 0 Å². The number of H-pyrrole nitrogens is 1. The number of aromatic amines is 1. The average molecular weight is 706 g/mol. The summed E-state index contributed by atoms with van der Waals surface area (Å²) in [6.45, 7) is 2.27. The van der Waals surface area contributed by atoms with E-state index in [0.29, 0.717) is 29.7 Å². The van der Waals surface area contributed by atoms with E-state index in [0.717, 1.165) is 53.5 Å². The molecule has 0 radical (unpaired) electrons. The molecule has 262 valence electrons. The number of nitrogens with one attached hydrogen (secondary N) is 2. The van der Waals surface area contributed by atoms with Crippen LogP contribution in [0.4, 0.5) is 5.69 Å². The van der Waals surface area contributed by atoms with Crippen LogP contribution in [0.3, 0.4) is 0 Å². The number of imidazole rings is 1. The van der Waals surface area contributed by atoms with Gasteiger partial charge in [-0.25, -0.2) is 13.2 Å². The number of likely N-dealkylation sites (tertiary alicyclic amines) is 1. The Kier molecular flexibility index (Phi) is 9.17. The fraction of sp³-hybridized carbons (Fsp3) is 0.282. The second kappa shape index (κ2) is 14.0. The Balaban J connectivity index is 1.01. The number of ether oxygens (including phenoxy) is 2. The molecule has 6 aromatic rings. The molecule has 0 amide bonds. The van der Waals surface area contributed by atoms with E-state index in [4.69, 9.17) is 9.47 Å². The summed E-state index contributed by atoms with van der Waals surface area (Å²) in [5, 5.41) is 10.3. The highest BCUT2D eigenvalue weighted by Gasteiger charge is 2.34. The number of sulfonamides is 1. The van der Waals surface area contributed by atoms with Crippen molar-refractivity contribution in [3.63, 3.8) is 0 Å². The molecule has 2 aliphatic rings. The molecule has 1 unspecified atom stereocenters. The molecule has 0 spiro atoms. The number of pyridine rings is 1. The number of hydrogen-bond acceptors (Lipinski definition) is 8. The van der Waals surface area contributed by atoms with Crippen molar-refractivity contribution in [1.29, 1.82) is 0 Å². The van der Waals surface area contributed by atoms with Gasteiger partial charge in [-0.3, -0.25) is 14.3 Å². The minimum Gasteiger partial charge on any atom is -0.392 e. The fourth-order valence-corrected chi connectivity index (χ4v) is 8.60. The normalized spacial score (nSPS) is 20.5. The predicted molar refractivity (Wildman–Crippen MR) is 195 cm³/mol. The topological polar surface area (TPSA) is 139 Å². The predicted octanol–water partition coefficient (Wildman–Crippen LogP) is 6.05. The Bertz CT molecular complexity index is 2330. The zero-order chi connectivity index (χ0) is 35.0. The molecule has 0 aliphatic carbocycles. The van der Waals surface area contributed by atoms with Gasteiger partial charge in [0.2, 0.25) is 0 Å². The van der Waals surface area contributed by atoms with Crippen LogP contribution in [-0.2, 0) is 26.1 Å². The zero-order valence-electron chi connectivity index (χ0n) is 27.9. The third-order valence-corrected chi connectivity index (χ3v) is 11.3. The summed E-state index contributed by atoms with van der Waals surface area (Å²) in [6.07, 6.45) is 2.67. The maximum absolute atomic E-state index is 13.6. The molecule has 0 saturated carbocycles. The van der Waals surface area contributed by atoms with Crippen molar-refractivity contribution in [1.82, 2.24) is 19.4 Å². The number of anilines is 1. The number of aromatic nitrogens is 3. The van der Waals surface area contributed by atoms with Gasteiger partial charge in [0.15, 0.2) is 6.29 Å². The molecule has 2 fully saturated rings. The Morgan fingerprint density at radius 3 is 2.49 bits per heavy atom. The molecule has 3 N–H and O–H groups in total. The maximum atomic E-state index is 13.6. The van der Waals surface area contributed by atoms with Crippen LogP contribution in [0.2, 0.25) is 0 Å². The lowest BCUT2D eigenvalue weighted by atomic mass is 9.98. The molecule has 4 aromatic carbocycles. The molecule has 2 saturated heterocycles. The number of piperidine rings is 1. The van der Waals surface area contributed by atoms with Crippen LogP contribution >= 0.6 is 0 Å². The van der Waals surface area contributed by atoms with Gasteiger partial charge in [0.05, 0.1) is 35.4 Å². The van der Waals surface area contributed by atoms with Crippen molar-refractivity contribution in [3.8, 4) is 0 Å². The van der Waals surface area contributed by atoms with Crippen LogP contribution < -0.4 is 10.4 Å². The first-order valence-corrected chi connectivity index (χ1v) is 18.7. The van der Waals surface area contributed by atoms with Gasteiger partial charge < -0.3 is 24.5 Å². The highest BCUT2D eigenvalue weighted by Crippen LogP contribution is 2.39. The second-order valence-corrected chi connectivity index (χ2v) is 14.9. The molecule has 51 heavy (non-hydrogen) atoms. The molecule has 8 rings (SSSR count). The smallest absolute Gasteiger partial charge is 0.326 e. The minimum absolute atomic E-state index is 0.0433. The van der Waals surface area contributed by atoms with Crippen LogP contribution in [0, 0.1) is 0 Å². The van der Waals surface area contributed by atoms with Gasteiger partial charge in [-0.1, -0.05) is 66.7 Å². The van der Waals surface area contributed by atoms with Gasteiger partial charge in [0, 0.05) is 54.9 Å². The van der Waals surface area contributed by atoms with E-state index in [2.05, 4.69) is 19.6 Å². The first-order valence-electron chi connectivity index (χ1n) is 17.2. The summed E-state index contributed by atoms with van der Waals surface area (Å²) >= 11 is 0. The SMILES string of the molecule is O=c1[nH]c2ccccc2n1C1CCN(C[C@@H]2C[C@H](c3ccc(CO)cc3)OC(c3cccc(NS(=O)(=O)c4cccc5cccnc45)c3)O2)CC1. The summed E-state index contributed by atoms with van der Waals surface area (Å²) < 4.78 is 45.0. The van der Waals surface area contributed by atoms with Gasteiger partial charge in [-0.2, -0.15) is 0 Å². The number of para-hydroxylation sites is 3. The molecule has 11 nitrogen and oxygen atoms in total. The Morgan fingerprint density at radius 2 is 1.67 bits per heavy atom. The fourth-order valence-electron chi connectivity index (χ4n) is 7.37. The van der Waals surface area contributed by atoms with E-state index in [-0.39, 0.29) is 35.4 Å². The number of rotatable bonds is 9. The van der Waals surface area contributed by atoms with Gasteiger partial charge in [0.25, 0.3) is 10.0 Å². The van der Waals surface area contributed by atoms with Crippen LogP contribution in [0.5, 0.6) is 0 Å². The molecule has 2 aromatic heterocycles. The van der Waals surface area contributed by atoms with Crippen LogP contribution in [0.1, 0.15) is 54.4 Å². The summed E-state index contributed by atoms with van der Waals surface area (Å²) in [5.41, 5.74) is 4.98. The van der Waals surface area contributed by atoms with Crippen LogP contribution in [0.15, 0.2) is 119 Å². The Hall–Kier alpha value is -4.85. The van der Waals surface area contributed by atoms with E-state index in [1.807, 2.05) is 71.3 Å². The molecule has 3 atom stereocenters. The summed E-state index contributed by atoms with van der Waals surface area (Å²) in [5.74, 6) is 0. The first kappa shape index (κ1) is 33.3. The standard InChI is InChI=1S/C39H39N5O6S/c45-25-26-13-15-27(16-14-26)35-23-32(24-43-20-17-31(18-21-43)44-34-11-2-1-10-33(34)41-39(44)46)49-38(50-35)29-7-3-9-30(22-29)42-51(47,48)36-12-4-6-28-8-5-19-40-37(28)36/h1-16,19,22,31-32,35,38,42,45H,17-18,20-21,23-25H2,(H,41,46)/t32-,35+,38?/m0/s1. The summed E-state index contributed by atoms with van der Waals surface area (Å²) in [4.78, 5) is 22.6. The molecule has 2 aliphatic heterocycles. The molecule has 0 bridgehead atoms. The third kappa shape index (κ3) is 6.93. The number of fused-ring (bicyclic) bond motifs is 2. The van der Waals surface area contributed by atoms with Crippen molar-refractivity contribution in [2.75, 3.05) is 24.4 Å². The molecule has 12 heteroatoms. The van der Waals surface area contributed by atoms with E-state index < -0.39 is 16.3 Å².